The van der Waals surface area contributed by atoms with E-state index in [0.717, 1.165) is 12.8 Å². The molecule has 1 saturated carbocycles. The van der Waals surface area contributed by atoms with Crippen LogP contribution in [-0.2, 0) is 23.9 Å². The Labute approximate surface area is 162 Å². The summed E-state index contributed by atoms with van der Waals surface area (Å²) in [6.45, 7) is 8.19. The lowest BCUT2D eigenvalue weighted by molar-refractivity contribution is -0.140. The van der Waals surface area contributed by atoms with E-state index in [9.17, 15) is 14.4 Å². The summed E-state index contributed by atoms with van der Waals surface area (Å²) in [7, 11) is 1.31. The maximum atomic E-state index is 12.7. The van der Waals surface area contributed by atoms with E-state index in [0.29, 0.717) is 24.3 Å². The SMILES string of the molecule is COC(=O)/C=C(\CC[C@@H]1C(=O)C=C[C@@H]2C(C)(C)CCC[C@@]12C)COC(C)=O. The van der Waals surface area contributed by atoms with E-state index in [2.05, 4.69) is 26.8 Å². The van der Waals surface area contributed by atoms with Gasteiger partial charge in [0, 0.05) is 18.9 Å². The zero-order valence-corrected chi connectivity index (χ0v) is 17.2. The molecule has 0 heterocycles. The minimum absolute atomic E-state index is 0.0484. The van der Waals surface area contributed by atoms with Crippen LogP contribution in [0.15, 0.2) is 23.8 Å². The molecular formula is C22H32O5. The normalized spacial score (nSPS) is 29.8. The molecule has 0 aromatic carbocycles. The predicted octanol–water partition coefficient (Wildman–Crippen LogP) is 4.02. The van der Waals surface area contributed by atoms with Crippen LogP contribution in [0.2, 0.25) is 0 Å². The lowest BCUT2D eigenvalue weighted by Gasteiger charge is -2.54. The number of fused-ring (bicyclic) bond motifs is 1. The van der Waals surface area contributed by atoms with E-state index in [1.165, 1.54) is 26.5 Å². The molecule has 0 spiro atoms. The van der Waals surface area contributed by atoms with E-state index < -0.39 is 11.9 Å². The molecule has 150 valence electrons. The van der Waals surface area contributed by atoms with Gasteiger partial charge in [0.2, 0.25) is 0 Å². The highest BCUT2D eigenvalue weighted by atomic mass is 16.5. The van der Waals surface area contributed by atoms with Gasteiger partial charge in [-0.15, -0.1) is 0 Å². The molecule has 0 radical (unpaired) electrons. The van der Waals surface area contributed by atoms with Crippen molar-refractivity contribution >= 4 is 17.7 Å². The summed E-state index contributed by atoms with van der Waals surface area (Å²) in [4.78, 5) is 35.5. The number of ketones is 1. The van der Waals surface area contributed by atoms with Crippen LogP contribution in [0, 0.1) is 22.7 Å². The first-order valence-corrected chi connectivity index (χ1v) is 9.73. The predicted molar refractivity (Wildman–Crippen MR) is 103 cm³/mol. The summed E-state index contributed by atoms with van der Waals surface area (Å²) in [6, 6.07) is 0. The van der Waals surface area contributed by atoms with E-state index >= 15 is 0 Å². The molecule has 0 amide bonds. The summed E-state index contributed by atoms with van der Waals surface area (Å²) in [6.07, 6.45) is 9.71. The summed E-state index contributed by atoms with van der Waals surface area (Å²) in [5, 5.41) is 0. The number of methoxy groups -OCH3 is 1. The van der Waals surface area contributed by atoms with Gasteiger partial charge in [0.15, 0.2) is 5.78 Å². The van der Waals surface area contributed by atoms with Crippen molar-refractivity contribution in [2.45, 2.75) is 59.8 Å². The smallest absolute Gasteiger partial charge is 0.330 e. The summed E-state index contributed by atoms with van der Waals surface area (Å²) >= 11 is 0. The van der Waals surface area contributed by atoms with Crippen LogP contribution in [0.4, 0.5) is 0 Å². The summed E-state index contributed by atoms with van der Waals surface area (Å²) in [5.41, 5.74) is 0.769. The molecule has 2 rings (SSSR count). The molecule has 5 nitrogen and oxygen atoms in total. The first kappa shape index (κ1) is 21.4. The Balaban J connectivity index is 2.19. The van der Waals surface area contributed by atoms with Gasteiger partial charge in [-0.2, -0.15) is 0 Å². The fraction of sp³-hybridized carbons (Fsp3) is 0.682. The third kappa shape index (κ3) is 4.88. The third-order valence-electron chi connectivity index (χ3n) is 6.42. The molecule has 0 aliphatic heterocycles. The largest absolute Gasteiger partial charge is 0.466 e. The van der Waals surface area contributed by atoms with Gasteiger partial charge >= 0.3 is 11.9 Å². The van der Waals surface area contributed by atoms with Gasteiger partial charge in [0.25, 0.3) is 0 Å². The zero-order valence-electron chi connectivity index (χ0n) is 17.2. The molecule has 1 fully saturated rings. The van der Waals surface area contributed by atoms with Crippen molar-refractivity contribution in [3.05, 3.63) is 23.8 Å². The molecule has 0 N–H and O–H groups in total. The van der Waals surface area contributed by atoms with E-state index in [1.807, 2.05) is 0 Å². The highest BCUT2D eigenvalue weighted by Gasteiger charge is 2.52. The summed E-state index contributed by atoms with van der Waals surface area (Å²) in [5.74, 6) is -0.442. The van der Waals surface area contributed by atoms with Crippen LogP contribution < -0.4 is 0 Å². The molecule has 0 unspecified atom stereocenters. The van der Waals surface area contributed by atoms with Crippen molar-refractivity contribution in [2.75, 3.05) is 13.7 Å². The monoisotopic (exact) mass is 376 g/mol. The Hall–Kier alpha value is -1.91. The molecule has 0 aromatic rings. The highest BCUT2D eigenvalue weighted by Crippen LogP contribution is 2.58. The number of carbonyl (C=O) groups excluding carboxylic acids is 3. The molecule has 0 aromatic heterocycles. The lowest BCUT2D eigenvalue weighted by atomic mass is 9.49. The average Bonchev–Trinajstić information content (AvgIpc) is 2.57. The molecule has 5 heteroatoms. The second kappa shape index (κ2) is 8.41. The highest BCUT2D eigenvalue weighted by molar-refractivity contribution is 5.93. The molecular weight excluding hydrogens is 344 g/mol. The molecule has 27 heavy (non-hydrogen) atoms. The topological polar surface area (TPSA) is 69.7 Å². The van der Waals surface area contributed by atoms with E-state index in [1.54, 1.807) is 6.08 Å². The molecule has 3 atom stereocenters. The summed E-state index contributed by atoms with van der Waals surface area (Å²) < 4.78 is 9.77. The number of carbonyl (C=O) groups is 3. The number of esters is 2. The Morgan fingerprint density at radius 3 is 2.59 bits per heavy atom. The van der Waals surface area contributed by atoms with Crippen molar-refractivity contribution in [3.8, 4) is 0 Å². The Kier molecular flexibility index (Phi) is 6.66. The maximum absolute atomic E-state index is 12.7. The van der Waals surface area contributed by atoms with Crippen molar-refractivity contribution in [2.24, 2.45) is 22.7 Å². The Morgan fingerprint density at radius 1 is 1.26 bits per heavy atom. The van der Waals surface area contributed by atoms with E-state index in [4.69, 9.17) is 9.47 Å². The van der Waals surface area contributed by atoms with Crippen LogP contribution in [-0.4, -0.2) is 31.4 Å². The van der Waals surface area contributed by atoms with Crippen LogP contribution in [0.5, 0.6) is 0 Å². The van der Waals surface area contributed by atoms with Crippen LogP contribution in [0.1, 0.15) is 59.8 Å². The van der Waals surface area contributed by atoms with Crippen molar-refractivity contribution in [3.63, 3.8) is 0 Å². The van der Waals surface area contributed by atoms with Crippen LogP contribution in [0.25, 0.3) is 0 Å². The first-order valence-electron chi connectivity index (χ1n) is 9.73. The number of hydrogen-bond donors (Lipinski definition) is 0. The van der Waals surface area contributed by atoms with Crippen molar-refractivity contribution in [1.29, 1.82) is 0 Å². The zero-order chi connectivity index (χ0) is 20.2. The van der Waals surface area contributed by atoms with Gasteiger partial charge in [-0.05, 0) is 54.1 Å². The fourth-order valence-electron chi connectivity index (χ4n) is 5.04. The minimum atomic E-state index is -0.477. The molecule has 0 saturated heterocycles. The quantitative estimate of drug-likeness (QED) is 0.517. The van der Waals surface area contributed by atoms with E-state index in [-0.39, 0.29) is 29.1 Å². The van der Waals surface area contributed by atoms with Crippen LogP contribution >= 0.6 is 0 Å². The second-order valence-corrected chi connectivity index (χ2v) is 8.78. The number of ether oxygens (including phenoxy) is 2. The Morgan fingerprint density at radius 2 is 1.96 bits per heavy atom. The van der Waals surface area contributed by atoms with Gasteiger partial charge in [-0.3, -0.25) is 9.59 Å². The van der Waals surface area contributed by atoms with Gasteiger partial charge < -0.3 is 9.47 Å². The van der Waals surface area contributed by atoms with Gasteiger partial charge in [0.05, 0.1) is 7.11 Å². The second-order valence-electron chi connectivity index (χ2n) is 8.78. The fourth-order valence-corrected chi connectivity index (χ4v) is 5.04. The minimum Gasteiger partial charge on any atom is -0.466 e. The number of allylic oxidation sites excluding steroid dienone is 2. The molecule has 0 bridgehead atoms. The number of hydrogen-bond acceptors (Lipinski definition) is 5. The van der Waals surface area contributed by atoms with Crippen molar-refractivity contribution < 1.29 is 23.9 Å². The van der Waals surface area contributed by atoms with Gasteiger partial charge in [-0.1, -0.05) is 33.3 Å². The third-order valence-corrected chi connectivity index (χ3v) is 6.42. The maximum Gasteiger partial charge on any atom is 0.330 e. The average molecular weight is 376 g/mol. The van der Waals surface area contributed by atoms with Gasteiger partial charge in [0.1, 0.15) is 6.61 Å². The first-order chi connectivity index (χ1) is 12.6. The Bertz CT molecular complexity index is 658. The van der Waals surface area contributed by atoms with Crippen molar-refractivity contribution in [1.82, 2.24) is 0 Å². The van der Waals surface area contributed by atoms with Crippen LogP contribution in [0.3, 0.4) is 0 Å². The number of rotatable bonds is 6. The standard InChI is InChI=1S/C22H32O5/c1-15(23)27-14-16(13-20(25)26-5)7-8-17-18(24)9-10-19-21(2,3)11-6-12-22(17,19)4/h9-10,13,17,19H,6-8,11-12,14H2,1-5H3/b16-13+/t17-,19-,22+/m1/s1. The molecule has 2 aliphatic carbocycles. The molecule has 2 aliphatic rings. The lowest BCUT2D eigenvalue weighted by Crippen LogP contribution is -2.49. The van der Waals surface area contributed by atoms with Gasteiger partial charge in [-0.25, -0.2) is 4.79 Å².